The Bertz CT molecular complexity index is 333. The van der Waals surface area contributed by atoms with Crippen molar-refractivity contribution >= 4 is 5.82 Å². The fourth-order valence-corrected chi connectivity index (χ4v) is 1.94. The molecule has 0 radical (unpaired) electrons. The molecule has 2 rings (SSSR count). The van der Waals surface area contributed by atoms with Gasteiger partial charge in [-0.2, -0.15) is 5.10 Å². The fraction of sp³-hybridized carbons (Fsp3) is 0.636. The van der Waals surface area contributed by atoms with Gasteiger partial charge in [0.05, 0.1) is 5.69 Å². The number of fused-ring (bicyclic) bond motifs is 1. The highest BCUT2D eigenvalue weighted by Gasteiger charge is 2.13. The minimum Gasteiger partial charge on any atom is -0.356 e. The van der Waals surface area contributed by atoms with E-state index >= 15 is 0 Å². The van der Waals surface area contributed by atoms with Crippen LogP contribution in [-0.4, -0.2) is 29.8 Å². The largest absolute Gasteiger partial charge is 0.356 e. The first-order valence-electron chi connectivity index (χ1n) is 5.66. The molecule has 0 amide bonds. The van der Waals surface area contributed by atoms with Gasteiger partial charge in [-0.05, 0) is 25.5 Å². The van der Waals surface area contributed by atoms with Crippen molar-refractivity contribution in [1.29, 1.82) is 0 Å². The van der Waals surface area contributed by atoms with Crippen LogP contribution < -0.4 is 10.2 Å². The first kappa shape index (κ1) is 10.4. The molecule has 4 nitrogen and oxygen atoms in total. The topological polar surface area (TPSA) is 41.1 Å². The van der Waals surface area contributed by atoms with E-state index in [1.165, 1.54) is 5.56 Å². The maximum absolute atomic E-state index is 4.30. The summed E-state index contributed by atoms with van der Waals surface area (Å²) in [5.41, 5.74) is 2.46. The summed E-state index contributed by atoms with van der Waals surface area (Å²) in [6.45, 7) is 8.20. The van der Waals surface area contributed by atoms with Crippen molar-refractivity contribution in [1.82, 2.24) is 15.5 Å². The first-order valence-corrected chi connectivity index (χ1v) is 5.66. The fourth-order valence-electron chi connectivity index (χ4n) is 1.94. The molecule has 2 heterocycles. The van der Waals surface area contributed by atoms with Crippen LogP contribution in [0.4, 0.5) is 5.82 Å². The number of hydrogen-bond acceptors (Lipinski definition) is 4. The Morgan fingerprint density at radius 2 is 2.13 bits per heavy atom. The molecule has 1 aromatic rings. The standard InChI is InChI=1S/C11H18N4/c1-3-15(4-2)11-7-9-8-12-6-5-10(9)13-14-11/h7,12H,3-6,8H2,1-2H3. The predicted octanol–water partition coefficient (Wildman–Crippen LogP) is 0.968. The van der Waals surface area contributed by atoms with Crippen molar-refractivity contribution in [3.8, 4) is 0 Å². The van der Waals surface area contributed by atoms with E-state index in [1.54, 1.807) is 0 Å². The third-order valence-corrected chi connectivity index (χ3v) is 2.89. The summed E-state index contributed by atoms with van der Waals surface area (Å²) in [5.74, 6) is 1.00. The second-order valence-corrected chi connectivity index (χ2v) is 3.77. The monoisotopic (exact) mass is 206 g/mol. The zero-order valence-corrected chi connectivity index (χ0v) is 9.45. The summed E-state index contributed by atoms with van der Waals surface area (Å²) in [5, 5.41) is 11.9. The Labute approximate surface area is 90.7 Å². The van der Waals surface area contributed by atoms with E-state index < -0.39 is 0 Å². The van der Waals surface area contributed by atoms with Crippen LogP contribution >= 0.6 is 0 Å². The van der Waals surface area contributed by atoms with Gasteiger partial charge >= 0.3 is 0 Å². The minimum atomic E-state index is 0.930. The van der Waals surface area contributed by atoms with E-state index in [9.17, 15) is 0 Å². The second kappa shape index (κ2) is 4.57. The van der Waals surface area contributed by atoms with Gasteiger partial charge in [0, 0.05) is 32.6 Å². The lowest BCUT2D eigenvalue weighted by molar-refractivity contribution is 0.618. The van der Waals surface area contributed by atoms with Gasteiger partial charge in [-0.15, -0.1) is 5.10 Å². The van der Waals surface area contributed by atoms with Crippen LogP contribution in [0.2, 0.25) is 0 Å². The van der Waals surface area contributed by atoms with Crippen molar-refractivity contribution in [2.75, 3.05) is 24.5 Å². The van der Waals surface area contributed by atoms with E-state index in [1.807, 2.05) is 0 Å². The van der Waals surface area contributed by atoms with Gasteiger partial charge in [0.2, 0.25) is 0 Å². The average Bonchev–Trinajstić information content (AvgIpc) is 2.30. The summed E-state index contributed by atoms with van der Waals surface area (Å²) >= 11 is 0. The summed E-state index contributed by atoms with van der Waals surface area (Å²) in [6.07, 6.45) is 1.00. The average molecular weight is 206 g/mol. The highest BCUT2D eigenvalue weighted by Crippen LogP contribution is 2.16. The van der Waals surface area contributed by atoms with Crippen LogP contribution in [0.15, 0.2) is 6.07 Å². The maximum atomic E-state index is 4.30. The zero-order valence-electron chi connectivity index (χ0n) is 9.45. The van der Waals surface area contributed by atoms with Gasteiger partial charge in [-0.25, -0.2) is 0 Å². The van der Waals surface area contributed by atoms with Crippen LogP contribution in [0.1, 0.15) is 25.1 Å². The minimum absolute atomic E-state index is 0.930. The molecule has 0 bridgehead atoms. The zero-order chi connectivity index (χ0) is 10.7. The van der Waals surface area contributed by atoms with Gasteiger partial charge in [0.1, 0.15) is 0 Å². The number of hydrogen-bond donors (Lipinski definition) is 1. The Hall–Kier alpha value is -1.16. The van der Waals surface area contributed by atoms with Gasteiger partial charge in [-0.1, -0.05) is 0 Å². The molecule has 1 aliphatic heterocycles. The van der Waals surface area contributed by atoms with Crippen molar-refractivity contribution in [3.05, 3.63) is 17.3 Å². The van der Waals surface area contributed by atoms with Crippen molar-refractivity contribution in [3.63, 3.8) is 0 Å². The van der Waals surface area contributed by atoms with Crippen LogP contribution in [-0.2, 0) is 13.0 Å². The van der Waals surface area contributed by atoms with Crippen LogP contribution in [0, 0.1) is 0 Å². The molecule has 82 valence electrons. The first-order chi connectivity index (χ1) is 7.35. The molecule has 0 aromatic carbocycles. The highest BCUT2D eigenvalue weighted by atomic mass is 15.3. The van der Waals surface area contributed by atoms with Gasteiger partial charge in [0.25, 0.3) is 0 Å². The molecule has 4 heteroatoms. The van der Waals surface area contributed by atoms with Gasteiger partial charge < -0.3 is 10.2 Å². The molecule has 0 saturated heterocycles. The second-order valence-electron chi connectivity index (χ2n) is 3.77. The lowest BCUT2D eigenvalue weighted by Crippen LogP contribution is -2.28. The van der Waals surface area contributed by atoms with E-state index in [0.29, 0.717) is 0 Å². The summed E-state index contributed by atoms with van der Waals surface area (Å²) in [6, 6.07) is 2.17. The molecule has 0 fully saturated rings. The molecule has 0 aliphatic carbocycles. The Morgan fingerprint density at radius 3 is 2.87 bits per heavy atom. The Balaban J connectivity index is 2.27. The number of nitrogens with one attached hydrogen (secondary N) is 1. The smallest absolute Gasteiger partial charge is 0.151 e. The van der Waals surface area contributed by atoms with Crippen LogP contribution in [0.25, 0.3) is 0 Å². The Kier molecular flexibility index (Phi) is 3.16. The lowest BCUT2D eigenvalue weighted by atomic mass is 10.1. The van der Waals surface area contributed by atoms with Gasteiger partial charge in [0.15, 0.2) is 5.82 Å². The molecular formula is C11H18N4. The SMILES string of the molecule is CCN(CC)c1cc2c(nn1)CCNC2. The third kappa shape index (κ3) is 2.09. The summed E-state index contributed by atoms with van der Waals surface area (Å²) < 4.78 is 0. The Morgan fingerprint density at radius 1 is 1.33 bits per heavy atom. The normalized spacial score (nSPS) is 14.8. The van der Waals surface area contributed by atoms with E-state index in [-0.39, 0.29) is 0 Å². The quantitative estimate of drug-likeness (QED) is 0.800. The van der Waals surface area contributed by atoms with Gasteiger partial charge in [-0.3, -0.25) is 0 Å². The molecule has 1 aliphatic rings. The number of aromatic nitrogens is 2. The molecule has 0 atom stereocenters. The molecule has 0 unspecified atom stereocenters. The predicted molar refractivity (Wildman–Crippen MR) is 61.0 cm³/mol. The molecule has 15 heavy (non-hydrogen) atoms. The molecular weight excluding hydrogens is 188 g/mol. The number of rotatable bonds is 3. The van der Waals surface area contributed by atoms with Crippen LogP contribution in [0.3, 0.4) is 0 Å². The molecule has 0 spiro atoms. The van der Waals surface area contributed by atoms with Crippen molar-refractivity contribution < 1.29 is 0 Å². The van der Waals surface area contributed by atoms with E-state index in [0.717, 1.165) is 44.1 Å². The number of nitrogens with zero attached hydrogens (tertiary/aromatic N) is 3. The maximum Gasteiger partial charge on any atom is 0.151 e. The molecule has 1 aromatic heterocycles. The summed E-state index contributed by atoms with van der Waals surface area (Å²) in [4.78, 5) is 2.22. The van der Waals surface area contributed by atoms with Crippen molar-refractivity contribution in [2.24, 2.45) is 0 Å². The lowest BCUT2D eigenvalue weighted by Gasteiger charge is -2.22. The third-order valence-electron chi connectivity index (χ3n) is 2.89. The van der Waals surface area contributed by atoms with E-state index in [2.05, 4.69) is 40.3 Å². The van der Waals surface area contributed by atoms with E-state index in [4.69, 9.17) is 0 Å². The van der Waals surface area contributed by atoms with Crippen molar-refractivity contribution in [2.45, 2.75) is 26.8 Å². The molecule has 1 N–H and O–H groups in total. The highest BCUT2D eigenvalue weighted by molar-refractivity contribution is 5.41. The summed E-state index contributed by atoms with van der Waals surface area (Å²) in [7, 11) is 0. The van der Waals surface area contributed by atoms with Crippen LogP contribution in [0.5, 0.6) is 0 Å². The number of anilines is 1. The molecule has 0 saturated carbocycles.